The molecule has 1 saturated carbocycles. The first-order valence-electron chi connectivity index (χ1n) is 7.49. The van der Waals surface area contributed by atoms with Gasteiger partial charge in [0.05, 0.1) is 12.2 Å². The summed E-state index contributed by atoms with van der Waals surface area (Å²) in [5.74, 6) is 2.26. The topological polar surface area (TPSA) is 64.1 Å². The second-order valence-electron chi connectivity index (χ2n) is 5.34. The van der Waals surface area contributed by atoms with Crippen molar-refractivity contribution in [3.8, 4) is 11.6 Å². The average Bonchev–Trinajstić information content (AvgIpc) is 3.09. The molecule has 108 valence electrons. The number of aromatic nitrogens is 2. The summed E-state index contributed by atoms with van der Waals surface area (Å²) < 4.78 is 10.8. The lowest BCUT2D eigenvalue weighted by Gasteiger charge is -2.22. The number of hydrogen-bond acceptors (Lipinski definition) is 5. The number of rotatable bonds is 4. The van der Waals surface area contributed by atoms with Crippen LogP contribution in [0.2, 0.25) is 0 Å². The van der Waals surface area contributed by atoms with E-state index in [9.17, 15) is 0 Å². The van der Waals surface area contributed by atoms with Crippen molar-refractivity contribution in [2.75, 3.05) is 6.54 Å². The van der Waals surface area contributed by atoms with E-state index < -0.39 is 0 Å². The van der Waals surface area contributed by atoms with Crippen LogP contribution in [0.1, 0.15) is 50.8 Å². The highest BCUT2D eigenvalue weighted by atomic mass is 16.5. The Morgan fingerprint density at radius 3 is 3.00 bits per heavy atom. The van der Waals surface area contributed by atoms with E-state index in [4.69, 9.17) is 8.94 Å². The van der Waals surface area contributed by atoms with E-state index >= 15 is 0 Å². The zero-order valence-corrected chi connectivity index (χ0v) is 11.8. The minimum atomic E-state index is 0.314. The van der Waals surface area contributed by atoms with Crippen molar-refractivity contribution in [2.24, 2.45) is 0 Å². The molecule has 1 fully saturated rings. The molecule has 0 spiro atoms. The fourth-order valence-corrected chi connectivity index (χ4v) is 3.00. The highest BCUT2D eigenvalue weighted by Crippen LogP contribution is 2.32. The summed E-state index contributed by atoms with van der Waals surface area (Å²) >= 11 is 0. The minimum Gasteiger partial charge on any atom is -0.461 e. The number of likely N-dealkylation sites (N-methyl/N-ethyl adjacent to an activating group) is 1. The van der Waals surface area contributed by atoms with Gasteiger partial charge in [-0.05, 0) is 31.5 Å². The molecule has 2 aromatic rings. The predicted octanol–water partition coefficient (Wildman–Crippen LogP) is 3.36. The van der Waals surface area contributed by atoms with Gasteiger partial charge in [0.1, 0.15) is 0 Å². The number of hydrogen-bond donors (Lipinski definition) is 1. The smallest absolute Gasteiger partial charge is 0.238 e. The normalized spacial score (nSPS) is 23.6. The second kappa shape index (κ2) is 6.22. The lowest BCUT2D eigenvalue weighted by molar-refractivity contribution is 0.306. The molecule has 1 aliphatic carbocycles. The molecule has 3 rings (SSSR count). The lowest BCUT2D eigenvalue weighted by atomic mass is 9.94. The van der Waals surface area contributed by atoms with Gasteiger partial charge in [-0.1, -0.05) is 31.3 Å². The summed E-state index contributed by atoms with van der Waals surface area (Å²) in [6, 6.07) is 4.12. The summed E-state index contributed by atoms with van der Waals surface area (Å²) in [6.45, 7) is 3.12. The molecule has 2 unspecified atom stereocenters. The number of nitrogens with zero attached hydrogens (tertiary/aromatic N) is 2. The first-order valence-corrected chi connectivity index (χ1v) is 7.49. The van der Waals surface area contributed by atoms with Crippen molar-refractivity contribution in [2.45, 2.75) is 51.0 Å². The molecule has 0 amide bonds. The Kier molecular flexibility index (Phi) is 4.16. The molecule has 5 heteroatoms. The molecule has 0 radical (unpaired) electrons. The molecule has 2 aromatic heterocycles. The maximum atomic E-state index is 5.50. The van der Waals surface area contributed by atoms with Crippen LogP contribution in [-0.4, -0.2) is 22.7 Å². The molecule has 0 bridgehead atoms. The van der Waals surface area contributed by atoms with E-state index in [0.29, 0.717) is 23.5 Å². The maximum absolute atomic E-state index is 5.50. The van der Waals surface area contributed by atoms with Crippen molar-refractivity contribution < 1.29 is 8.94 Å². The molecule has 0 aliphatic heterocycles. The van der Waals surface area contributed by atoms with E-state index in [1.807, 2.05) is 12.1 Å². The molecule has 20 heavy (non-hydrogen) atoms. The Hall–Kier alpha value is -1.62. The van der Waals surface area contributed by atoms with Crippen LogP contribution >= 0.6 is 0 Å². The van der Waals surface area contributed by atoms with E-state index in [1.54, 1.807) is 6.26 Å². The molecule has 2 heterocycles. The maximum Gasteiger partial charge on any atom is 0.238 e. The standard InChI is InChI=1S/C15H21N3O2/c1-2-16-12-8-5-3-4-7-11(12)15-17-14(18-20-15)13-9-6-10-19-13/h6,9-12,16H,2-5,7-8H2,1H3. The Balaban J connectivity index is 1.82. The van der Waals surface area contributed by atoms with Gasteiger partial charge in [0, 0.05) is 6.04 Å². The van der Waals surface area contributed by atoms with Gasteiger partial charge in [-0.25, -0.2) is 0 Å². The number of nitrogens with one attached hydrogen (secondary N) is 1. The third-order valence-corrected chi connectivity index (χ3v) is 3.98. The third kappa shape index (κ3) is 2.77. The van der Waals surface area contributed by atoms with Crippen LogP contribution in [0.5, 0.6) is 0 Å². The fourth-order valence-electron chi connectivity index (χ4n) is 3.00. The summed E-state index contributed by atoms with van der Waals surface area (Å²) in [7, 11) is 0. The summed E-state index contributed by atoms with van der Waals surface area (Å²) in [6.07, 6.45) is 7.70. The zero-order chi connectivity index (χ0) is 13.8. The van der Waals surface area contributed by atoms with Crippen molar-refractivity contribution in [3.05, 3.63) is 24.3 Å². The molecular formula is C15H21N3O2. The third-order valence-electron chi connectivity index (χ3n) is 3.98. The second-order valence-corrected chi connectivity index (χ2v) is 5.34. The molecule has 1 N–H and O–H groups in total. The summed E-state index contributed by atoms with van der Waals surface area (Å²) in [5.41, 5.74) is 0. The minimum absolute atomic E-state index is 0.314. The van der Waals surface area contributed by atoms with Gasteiger partial charge in [-0.3, -0.25) is 0 Å². The highest BCUT2D eigenvalue weighted by Gasteiger charge is 2.29. The van der Waals surface area contributed by atoms with Crippen molar-refractivity contribution in [1.82, 2.24) is 15.5 Å². The first-order chi connectivity index (χ1) is 9.88. The van der Waals surface area contributed by atoms with Crippen LogP contribution in [0, 0.1) is 0 Å². The molecule has 1 aliphatic rings. The average molecular weight is 275 g/mol. The van der Waals surface area contributed by atoms with Crippen molar-refractivity contribution in [1.29, 1.82) is 0 Å². The van der Waals surface area contributed by atoms with Crippen LogP contribution < -0.4 is 5.32 Å². The summed E-state index contributed by atoms with van der Waals surface area (Å²) in [5, 5.41) is 7.62. The lowest BCUT2D eigenvalue weighted by Crippen LogP contribution is -2.34. The molecule has 5 nitrogen and oxygen atoms in total. The van der Waals surface area contributed by atoms with Gasteiger partial charge < -0.3 is 14.3 Å². The van der Waals surface area contributed by atoms with Gasteiger partial charge in [0.2, 0.25) is 11.7 Å². The van der Waals surface area contributed by atoms with Gasteiger partial charge in [-0.15, -0.1) is 0 Å². The monoisotopic (exact) mass is 275 g/mol. The first kappa shape index (κ1) is 13.4. The Morgan fingerprint density at radius 1 is 1.30 bits per heavy atom. The molecule has 0 aromatic carbocycles. The Labute approximate surface area is 118 Å². The quantitative estimate of drug-likeness (QED) is 0.867. The van der Waals surface area contributed by atoms with Crippen LogP contribution in [-0.2, 0) is 0 Å². The Bertz CT molecular complexity index is 521. The summed E-state index contributed by atoms with van der Waals surface area (Å²) in [4.78, 5) is 4.54. The van der Waals surface area contributed by atoms with Crippen LogP contribution in [0.4, 0.5) is 0 Å². The van der Waals surface area contributed by atoms with Gasteiger partial charge in [0.25, 0.3) is 0 Å². The number of furan rings is 1. The van der Waals surface area contributed by atoms with E-state index in [1.165, 1.54) is 25.7 Å². The van der Waals surface area contributed by atoms with E-state index in [-0.39, 0.29) is 0 Å². The van der Waals surface area contributed by atoms with Crippen molar-refractivity contribution in [3.63, 3.8) is 0 Å². The largest absolute Gasteiger partial charge is 0.461 e. The molecular weight excluding hydrogens is 254 g/mol. The van der Waals surface area contributed by atoms with Crippen LogP contribution in [0.25, 0.3) is 11.6 Å². The van der Waals surface area contributed by atoms with Crippen LogP contribution in [0.15, 0.2) is 27.3 Å². The van der Waals surface area contributed by atoms with Crippen molar-refractivity contribution >= 4 is 0 Å². The molecule has 0 saturated heterocycles. The zero-order valence-electron chi connectivity index (χ0n) is 11.8. The van der Waals surface area contributed by atoms with Gasteiger partial charge >= 0.3 is 0 Å². The highest BCUT2D eigenvalue weighted by molar-refractivity contribution is 5.44. The van der Waals surface area contributed by atoms with E-state index in [2.05, 4.69) is 22.4 Å². The predicted molar refractivity (Wildman–Crippen MR) is 75.3 cm³/mol. The molecule has 2 atom stereocenters. The fraction of sp³-hybridized carbons (Fsp3) is 0.600. The Morgan fingerprint density at radius 2 is 2.20 bits per heavy atom. The van der Waals surface area contributed by atoms with Gasteiger partial charge in [-0.2, -0.15) is 4.98 Å². The van der Waals surface area contributed by atoms with Crippen LogP contribution in [0.3, 0.4) is 0 Å². The van der Waals surface area contributed by atoms with Gasteiger partial charge in [0.15, 0.2) is 5.76 Å². The van der Waals surface area contributed by atoms with E-state index in [0.717, 1.165) is 18.9 Å². The SMILES string of the molecule is CCNC1CCCCCC1c1nc(-c2ccco2)no1.